The van der Waals surface area contributed by atoms with Crippen molar-refractivity contribution in [1.29, 1.82) is 0 Å². The number of benzene rings is 2. The summed E-state index contributed by atoms with van der Waals surface area (Å²) in [4.78, 5) is 45.0. The predicted octanol–water partition coefficient (Wildman–Crippen LogP) is 5.33. The number of aliphatic hydroxyl groups excluding tert-OH is 1. The van der Waals surface area contributed by atoms with E-state index in [1.165, 1.54) is 12.0 Å². The second-order valence-corrected chi connectivity index (χ2v) is 9.93. The molecule has 1 aromatic heterocycles. The molecule has 0 aliphatic carbocycles. The molecule has 0 saturated carbocycles. The lowest BCUT2D eigenvalue weighted by Gasteiger charge is -2.23. The van der Waals surface area contributed by atoms with Crippen molar-refractivity contribution in [1.82, 2.24) is 4.98 Å². The summed E-state index contributed by atoms with van der Waals surface area (Å²) in [7, 11) is 1.54. The van der Waals surface area contributed by atoms with E-state index in [-0.39, 0.29) is 27.9 Å². The van der Waals surface area contributed by atoms with E-state index < -0.39 is 23.7 Å². The standard InChI is InChI=1S/C26H23BrN2O6S/c1-5-35-25(33)23-14(3)28-26(36-23)29-20(15-6-8-16(27)9-7-15)19(22(31)24(29)32)21(30)18-11-10-17(34-4)12-13(18)2/h6-12,20,30H,5H2,1-4H3/b21-19+. The predicted molar refractivity (Wildman–Crippen MR) is 139 cm³/mol. The molecule has 2 aromatic carbocycles. The second-order valence-electron chi connectivity index (χ2n) is 8.03. The van der Waals surface area contributed by atoms with E-state index in [4.69, 9.17) is 9.47 Å². The molecule has 1 aliphatic rings. The number of halogens is 1. The number of Topliss-reactive ketones (excluding diaryl/α,β-unsaturated/α-hetero) is 1. The van der Waals surface area contributed by atoms with Crippen LogP contribution >= 0.6 is 27.3 Å². The molecule has 186 valence electrons. The summed E-state index contributed by atoms with van der Waals surface area (Å²) in [6, 6.07) is 11.2. The third kappa shape index (κ3) is 4.54. The van der Waals surface area contributed by atoms with Crippen molar-refractivity contribution in [3.63, 3.8) is 0 Å². The molecule has 3 aromatic rings. The number of aromatic nitrogens is 1. The Kier molecular flexibility index (Phi) is 7.28. The van der Waals surface area contributed by atoms with E-state index in [2.05, 4.69) is 20.9 Å². The molecule has 10 heteroatoms. The van der Waals surface area contributed by atoms with Crippen LogP contribution in [0, 0.1) is 13.8 Å². The van der Waals surface area contributed by atoms with Gasteiger partial charge in [0.1, 0.15) is 16.4 Å². The summed E-state index contributed by atoms with van der Waals surface area (Å²) in [6.07, 6.45) is 0. The van der Waals surface area contributed by atoms with Crippen LogP contribution in [-0.2, 0) is 14.3 Å². The van der Waals surface area contributed by atoms with Crippen LogP contribution in [0.1, 0.15) is 45.0 Å². The molecule has 0 bridgehead atoms. The van der Waals surface area contributed by atoms with E-state index in [9.17, 15) is 19.5 Å². The number of ether oxygens (including phenoxy) is 2. The number of esters is 1. The number of thiazole rings is 1. The maximum atomic E-state index is 13.4. The molecule has 1 aliphatic heterocycles. The third-order valence-electron chi connectivity index (χ3n) is 5.77. The number of aliphatic hydroxyl groups is 1. The van der Waals surface area contributed by atoms with Gasteiger partial charge in [-0.15, -0.1) is 0 Å². The van der Waals surface area contributed by atoms with Gasteiger partial charge in [0, 0.05) is 10.0 Å². The lowest BCUT2D eigenvalue weighted by Crippen LogP contribution is -2.29. The number of hydrogen-bond donors (Lipinski definition) is 1. The van der Waals surface area contributed by atoms with Crippen molar-refractivity contribution >= 4 is 55.8 Å². The van der Waals surface area contributed by atoms with Crippen LogP contribution in [0.2, 0.25) is 0 Å². The van der Waals surface area contributed by atoms with Crippen LogP contribution in [0.25, 0.3) is 5.76 Å². The van der Waals surface area contributed by atoms with E-state index in [0.717, 1.165) is 15.8 Å². The molecule has 8 nitrogen and oxygen atoms in total. The zero-order valence-electron chi connectivity index (χ0n) is 20.0. The molecular weight excluding hydrogens is 548 g/mol. The lowest BCUT2D eigenvalue weighted by molar-refractivity contribution is -0.132. The van der Waals surface area contributed by atoms with Crippen molar-refractivity contribution in [2.45, 2.75) is 26.8 Å². The number of hydrogen-bond acceptors (Lipinski definition) is 8. The van der Waals surface area contributed by atoms with Crippen molar-refractivity contribution in [2.24, 2.45) is 0 Å². The summed E-state index contributed by atoms with van der Waals surface area (Å²) in [5.74, 6) is -1.95. The van der Waals surface area contributed by atoms with Gasteiger partial charge >= 0.3 is 11.9 Å². The summed E-state index contributed by atoms with van der Waals surface area (Å²) >= 11 is 4.37. The van der Waals surface area contributed by atoms with Crippen LogP contribution in [0.5, 0.6) is 5.75 Å². The molecule has 1 N–H and O–H groups in total. The number of carbonyl (C=O) groups is 3. The number of rotatable bonds is 6. The maximum absolute atomic E-state index is 13.4. The lowest BCUT2D eigenvalue weighted by atomic mass is 9.94. The number of carbonyl (C=O) groups excluding carboxylic acids is 3. The Labute approximate surface area is 220 Å². The molecular formula is C26H23BrN2O6S. The number of amides is 1. The fraction of sp³-hybridized carbons (Fsp3) is 0.231. The third-order valence-corrected chi connectivity index (χ3v) is 7.44. The molecule has 1 atom stereocenters. The van der Waals surface area contributed by atoms with Gasteiger partial charge in [-0.1, -0.05) is 39.4 Å². The first kappa shape index (κ1) is 25.6. The summed E-state index contributed by atoms with van der Waals surface area (Å²) in [5.41, 5.74) is 1.98. The van der Waals surface area contributed by atoms with E-state index in [1.54, 1.807) is 63.2 Å². The van der Waals surface area contributed by atoms with Crippen molar-refractivity contribution in [3.05, 3.63) is 79.8 Å². The van der Waals surface area contributed by atoms with Crippen LogP contribution in [-0.4, -0.2) is 41.5 Å². The SMILES string of the molecule is CCOC(=O)c1sc(N2C(=O)C(=O)/C(=C(/O)c3ccc(OC)cc3C)C2c2ccc(Br)cc2)nc1C. The monoisotopic (exact) mass is 570 g/mol. The van der Waals surface area contributed by atoms with Crippen molar-refractivity contribution in [2.75, 3.05) is 18.6 Å². The Morgan fingerprint density at radius 3 is 2.47 bits per heavy atom. The second kappa shape index (κ2) is 10.2. The first-order chi connectivity index (χ1) is 17.2. The van der Waals surface area contributed by atoms with E-state index in [1.807, 2.05) is 0 Å². The number of anilines is 1. The smallest absolute Gasteiger partial charge is 0.350 e. The average molecular weight is 571 g/mol. The molecule has 4 rings (SSSR count). The van der Waals surface area contributed by atoms with Crippen molar-refractivity contribution in [3.8, 4) is 5.75 Å². The van der Waals surface area contributed by atoms with Gasteiger partial charge in [-0.2, -0.15) is 0 Å². The van der Waals surface area contributed by atoms with Gasteiger partial charge in [-0.25, -0.2) is 9.78 Å². The number of ketones is 1. The highest BCUT2D eigenvalue weighted by atomic mass is 79.9. The normalized spacial score (nSPS) is 16.9. The largest absolute Gasteiger partial charge is 0.507 e. The van der Waals surface area contributed by atoms with Gasteiger partial charge in [0.15, 0.2) is 5.13 Å². The minimum Gasteiger partial charge on any atom is -0.507 e. The summed E-state index contributed by atoms with van der Waals surface area (Å²) in [6.45, 7) is 5.30. The summed E-state index contributed by atoms with van der Waals surface area (Å²) in [5, 5.41) is 11.5. The Balaban J connectivity index is 1.92. The quantitative estimate of drug-likeness (QED) is 0.184. The van der Waals surface area contributed by atoms with Gasteiger partial charge in [0.05, 0.1) is 31.0 Å². The molecule has 1 unspecified atom stereocenters. The first-order valence-corrected chi connectivity index (χ1v) is 12.6. The Bertz CT molecular complexity index is 1400. The molecule has 1 amide bonds. The summed E-state index contributed by atoms with van der Waals surface area (Å²) < 4.78 is 11.2. The molecule has 0 radical (unpaired) electrons. The minimum absolute atomic E-state index is 0.0684. The van der Waals surface area contributed by atoms with Gasteiger partial charge in [0.25, 0.3) is 5.78 Å². The van der Waals surface area contributed by atoms with Gasteiger partial charge in [-0.3, -0.25) is 14.5 Å². The van der Waals surface area contributed by atoms with Gasteiger partial charge < -0.3 is 14.6 Å². The molecule has 1 fully saturated rings. The molecule has 0 spiro atoms. The van der Waals surface area contributed by atoms with Crippen LogP contribution in [0.15, 0.2) is 52.5 Å². The topological polar surface area (TPSA) is 106 Å². The average Bonchev–Trinajstić information content (AvgIpc) is 3.36. The molecule has 2 heterocycles. The number of methoxy groups -OCH3 is 1. The zero-order valence-corrected chi connectivity index (χ0v) is 22.4. The highest BCUT2D eigenvalue weighted by Gasteiger charge is 2.48. The van der Waals surface area contributed by atoms with Crippen LogP contribution in [0.3, 0.4) is 0 Å². The number of aryl methyl sites for hydroxylation is 2. The van der Waals surface area contributed by atoms with E-state index in [0.29, 0.717) is 28.1 Å². The van der Waals surface area contributed by atoms with Crippen LogP contribution < -0.4 is 9.64 Å². The number of nitrogens with zero attached hydrogens (tertiary/aromatic N) is 2. The highest BCUT2D eigenvalue weighted by molar-refractivity contribution is 9.10. The fourth-order valence-corrected chi connectivity index (χ4v) is 5.29. The molecule has 1 saturated heterocycles. The Morgan fingerprint density at radius 2 is 1.86 bits per heavy atom. The minimum atomic E-state index is -0.958. The Morgan fingerprint density at radius 1 is 1.17 bits per heavy atom. The fourth-order valence-electron chi connectivity index (χ4n) is 4.04. The first-order valence-electron chi connectivity index (χ1n) is 11.0. The van der Waals surface area contributed by atoms with Gasteiger partial charge in [0.2, 0.25) is 0 Å². The zero-order chi connectivity index (χ0) is 26.1. The van der Waals surface area contributed by atoms with Crippen LogP contribution in [0.4, 0.5) is 5.13 Å². The van der Waals surface area contributed by atoms with Crippen molar-refractivity contribution < 1.29 is 29.0 Å². The highest BCUT2D eigenvalue weighted by Crippen LogP contribution is 2.44. The molecule has 36 heavy (non-hydrogen) atoms. The Hall–Kier alpha value is -3.50. The van der Waals surface area contributed by atoms with Gasteiger partial charge in [-0.05, 0) is 62.2 Å². The maximum Gasteiger partial charge on any atom is 0.350 e. The van der Waals surface area contributed by atoms with E-state index >= 15 is 0 Å².